The number of rotatable bonds is 2. The van der Waals surface area contributed by atoms with Crippen molar-refractivity contribution in [2.75, 3.05) is 0 Å². The first-order chi connectivity index (χ1) is 5.95. The van der Waals surface area contributed by atoms with E-state index in [4.69, 9.17) is 0 Å². The smallest absolute Gasteiger partial charge is 0.207 e. The van der Waals surface area contributed by atoms with E-state index in [-0.39, 0.29) is 11.4 Å². The third-order valence-electron chi connectivity index (χ3n) is 1.52. The maximum absolute atomic E-state index is 9.31. The van der Waals surface area contributed by atoms with Crippen molar-refractivity contribution in [1.29, 1.82) is 0 Å². The highest BCUT2D eigenvalue weighted by atomic mass is 16.3. The number of tetrazole rings is 1. The summed E-state index contributed by atoms with van der Waals surface area (Å²) < 4.78 is 0. The zero-order valence-electron chi connectivity index (χ0n) is 8.10. The second-order valence-electron chi connectivity index (χ2n) is 3.79. The Bertz CT molecular complexity index is 299. The number of hydrogen-bond acceptors (Lipinski definition) is 4. The minimum atomic E-state index is -0.837. The van der Waals surface area contributed by atoms with Crippen LogP contribution in [0.1, 0.15) is 32.7 Å². The van der Waals surface area contributed by atoms with E-state index in [1.54, 1.807) is 0 Å². The fourth-order valence-electron chi connectivity index (χ4n) is 0.733. The number of hydrogen-bond donors (Lipinski definition) is 1. The third kappa shape index (κ3) is 2.12. The average molecular weight is 182 g/mol. The Labute approximate surface area is 77.1 Å². The molecule has 0 radical (unpaired) electrons. The maximum Gasteiger partial charge on any atom is 0.207 e. The van der Waals surface area contributed by atoms with Gasteiger partial charge in [0.1, 0.15) is 6.10 Å². The van der Waals surface area contributed by atoms with Crippen molar-refractivity contribution in [3.8, 4) is 0 Å². The molecule has 5 heteroatoms. The van der Waals surface area contributed by atoms with Crippen LogP contribution in [0, 0.1) is 0 Å². The van der Waals surface area contributed by atoms with Crippen LogP contribution < -0.4 is 0 Å². The Morgan fingerprint density at radius 2 is 2.15 bits per heavy atom. The first-order valence-corrected chi connectivity index (χ1v) is 4.06. The predicted molar refractivity (Wildman–Crippen MR) is 48.0 cm³/mol. The van der Waals surface area contributed by atoms with E-state index in [1.807, 2.05) is 20.8 Å². The Morgan fingerprint density at radius 1 is 1.54 bits per heavy atom. The summed E-state index contributed by atoms with van der Waals surface area (Å²) in [6, 6.07) is 0. The summed E-state index contributed by atoms with van der Waals surface area (Å²) >= 11 is 0. The molecule has 5 nitrogen and oxygen atoms in total. The first-order valence-electron chi connectivity index (χ1n) is 4.06. The van der Waals surface area contributed by atoms with Crippen LogP contribution in [0.5, 0.6) is 0 Å². The number of aliphatic hydroxyl groups excluding tert-OH is 1. The lowest BCUT2D eigenvalue weighted by atomic mass is 10.1. The predicted octanol–water partition coefficient (Wildman–Crippen LogP) is 0.647. The van der Waals surface area contributed by atoms with Crippen LogP contribution in [0.2, 0.25) is 0 Å². The van der Waals surface area contributed by atoms with Crippen molar-refractivity contribution in [3.63, 3.8) is 0 Å². The zero-order chi connectivity index (χ0) is 10.1. The number of nitrogens with zero attached hydrogens (tertiary/aromatic N) is 4. The fourth-order valence-corrected chi connectivity index (χ4v) is 0.733. The van der Waals surface area contributed by atoms with Crippen molar-refractivity contribution < 1.29 is 5.11 Å². The van der Waals surface area contributed by atoms with Gasteiger partial charge in [-0.3, -0.25) is 0 Å². The van der Waals surface area contributed by atoms with Crippen LogP contribution in [0.4, 0.5) is 0 Å². The topological polar surface area (TPSA) is 63.8 Å². The van der Waals surface area contributed by atoms with Crippen LogP contribution in [-0.4, -0.2) is 25.3 Å². The number of aliphatic hydroxyl groups is 1. The summed E-state index contributed by atoms with van der Waals surface area (Å²) in [5, 5.41) is 20.9. The van der Waals surface area contributed by atoms with E-state index in [1.165, 1.54) is 10.9 Å². The van der Waals surface area contributed by atoms with E-state index >= 15 is 0 Å². The molecule has 72 valence electrons. The molecule has 13 heavy (non-hydrogen) atoms. The molecule has 0 amide bonds. The van der Waals surface area contributed by atoms with Crippen molar-refractivity contribution >= 4 is 0 Å². The van der Waals surface area contributed by atoms with Gasteiger partial charge in [0.2, 0.25) is 5.82 Å². The van der Waals surface area contributed by atoms with Gasteiger partial charge >= 0.3 is 0 Å². The quantitative estimate of drug-likeness (QED) is 0.682. The maximum atomic E-state index is 9.31. The Morgan fingerprint density at radius 3 is 2.54 bits per heavy atom. The molecule has 0 spiro atoms. The van der Waals surface area contributed by atoms with Gasteiger partial charge in [-0.15, -0.1) is 16.8 Å². The lowest BCUT2D eigenvalue weighted by Crippen LogP contribution is -2.24. The largest absolute Gasteiger partial charge is 0.381 e. The minimum absolute atomic E-state index is 0.216. The van der Waals surface area contributed by atoms with Crippen LogP contribution in [0.3, 0.4) is 0 Å². The van der Waals surface area contributed by atoms with Gasteiger partial charge in [-0.1, -0.05) is 6.08 Å². The molecule has 0 aliphatic rings. The summed E-state index contributed by atoms with van der Waals surface area (Å²) in [6.07, 6.45) is 0.528. The minimum Gasteiger partial charge on any atom is -0.381 e. The molecule has 1 heterocycles. The SMILES string of the molecule is C=CC(O)c1nnn(C(C)(C)C)n1. The molecule has 1 unspecified atom stereocenters. The average Bonchev–Trinajstić information content (AvgIpc) is 2.50. The van der Waals surface area contributed by atoms with E-state index in [9.17, 15) is 5.11 Å². The van der Waals surface area contributed by atoms with Crippen molar-refractivity contribution in [1.82, 2.24) is 20.2 Å². The molecule has 0 aliphatic carbocycles. The van der Waals surface area contributed by atoms with E-state index in [0.29, 0.717) is 0 Å². The highest BCUT2D eigenvalue weighted by molar-refractivity contribution is 4.95. The van der Waals surface area contributed by atoms with E-state index in [2.05, 4.69) is 22.0 Å². The van der Waals surface area contributed by atoms with Crippen LogP contribution in [0.25, 0.3) is 0 Å². The molecule has 0 fully saturated rings. The van der Waals surface area contributed by atoms with E-state index < -0.39 is 6.10 Å². The molecule has 1 atom stereocenters. The molecule has 0 bridgehead atoms. The molecule has 1 aromatic rings. The van der Waals surface area contributed by atoms with Gasteiger partial charge in [0.25, 0.3) is 0 Å². The highest BCUT2D eigenvalue weighted by Crippen LogP contribution is 2.12. The normalized spacial score (nSPS) is 14.2. The summed E-state index contributed by atoms with van der Waals surface area (Å²) in [6.45, 7) is 9.31. The summed E-state index contributed by atoms with van der Waals surface area (Å²) in [5.41, 5.74) is -0.216. The summed E-state index contributed by atoms with van der Waals surface area (Å²) in [4.78, 5) is 1.47. The van der Waals surface area contributed by atoms with Gasteiger partial charge < -0.3 is 5.11 Å². The Balaban J connectivity index is 2.93. The van der Waals surface area contributed by atoms with Gasteiger partial charge in [-0.05, 0) is 26.0 Å². The van der Waals surface area contributed by atoms with Crippen LogP contribution in [-0.2, 0) is 5.54 Å². The molecule has 0 saturated carbocycles. The molecule has 0 saturated heterocycles. The monoisotopic (exact) mass is 182 g/mol. The van der Waals surface area contributed by atoms with Gasteiger partial charge in [0.05, 0.1) is 5.54 Å². The second-order valence-corrected chi connectivity index (χ2v) is 3.79. The van der Waals surface area contributed by atoms with Gasteiger partial charge in [0, 0.05) is 0 Å². The van der Waals surface area contributed by atoms with Crippen molar-refractivity contribution in [3.05, 3.63) is 18.5 Å². The molecule has 1 rings (SSSR count). The summed E-state index contributed by atoms with van der Waals surface area (Å²) in [7, 11) is 0. The molecule has 0 aliphatic heterocycles. The zero-order valence-corrected chi connectivity index (χ0v) is 8.10. The number of aromatic nitrogens is 4. The fraction of sp³-hybridized carbons (Fsp3) is 0.625. The van der Waals surface area contributed by atoms with Gasteiger partial charge in [-0.2, -0.15) is 4.80 Å². The third-order valence-corrected chi connectivity index (χ3v) is 1.52. The Hall–Kier alpha value is -1.23. The van der Waals surface area contributed by atoms with Crippen LogP contribution in [0.15, 0.2) is 12.7 Å². The molecule has 1 aromatic heterocycles. The Kier molecular flexibility index (Phi) is 2.47. The van der Waals surface area contributed by atoms with Gasteiger partial charge in [0.15, 0.2) is 0 Å². The second kappa shape index (κ2) is 3.26. The van der Waals surface area contributed by atoms with E-state index in [0.717, 1.165) is 0 Å². The van der Waals surface area contributed by atoms with Crippen LogP contribution >= 0.6 is 0 Å². The van der Waals surface area contributed by atoms with Gasteiger partial charge in [-0.25, -0.2) is 0 Å². The molecule has 0 aromatic carbocycles. The summed E-state index contributed by atoms with van der Waals surface area (Å²) in [5.74, 6) is 0.282. The molecule has 1 N–H and O–H groups in total. The first kappa shape index (κ1) is 9.85. The lowest BCUT2D eigenvalue weighted by Gasteiger charge is -2.15. The van der Waals surface area contributed by atoms with Crippen molar-refractivity contribution in [2.45, 2.75) is 32.4 Å². The molecular formula is C8H14N4O. The van der Waals surface area contributed by atoms with Crippen molar-refractivity contribution in [2.24, 2.45) is 0 Å². The highest BCUT2D eigenvalue weighted by Gasteiger charge is 2.18. The lowest BCUT2D eigenvalue weighted by molar-refractivity contribution is 0.216. The molecular weight excluding hydrogens is 168 g/mol. The standard InChI is InChI=1S/C8H14N4O/c1-5-6(13)7-9-11-12(10-7)8(2,3)4/h5-6,13H,1H2,2-4H3.